The molecular weight excluding hydrogens is 515 g/mol. The Kier molecular flexibility index (Phi) is 45.9. The Balaban J connectivity index is -0.000000569. The maximum absolute atomic E-state index is 9.47. The van der Waals surface area contributed by atoms with Crippen molar-refractivity contribution < 1.29 is 25.8 Å². The fourth-order valence-corrected chi connectivity index (χ4v) is 4.74. The van der Waals surface area contributed by atoms with E-state index in [1.807, 2.05) is 0 Å². The average molecular weight is 593 g/mol. The Morgan fingerprint density at radius 1 is 0.375 bits per heavy atom. The zero-order valence-electron chi connectivity index (χ0n) is 28.0. The molecule has 0 unspecified atom stereocenters. The fraction of sp³-hybridized carbons (Fsp3) is 1.00. The molecule has 246 valence electrons. The smallest absolute Gasteiger partial charge is 0.0739 e. The molecule has 0 aliphatic rings. The van der Waals surface area contributed by atoms with Gasteiger partial charge >= 0.3 is 0 Å². The topological polar surface area (TPSA) is 118 Å². The van der Waals surface area contributed by atoms with Crippen molar-refractivity contribution in [2.24, 2.45) is 0 Å². The number of hydrogen-bond acceptors (Lipinski definition) is 3. The summed E-state index contributed by atoms with van der Waals surface area (Å²) in [6.07, 6.45) is 40.1. The van der Waals surface area contributed by atoms with Crippen LogP contribution in [0.2, 0.25) is 0 Å². The van der Waals surface area contributed by atoms with E-state index in [9.17, 15) is 14.4 Å². The van der Waals surface area contributed by atoms with Gasteiger partial charge in [0.05, 0.1) is 13.1 Å². The predicted molar refractivity (Wildman–Crippen MR) is 174 cm³/mol. The van der Waals surface area contributed by atoms with E-state index in [1.165, 1.54) is 187 Å². The summed E-state index contributed by atoms with van der Waals surface area (Å²) < 4.78 is 9.47. The highest BCUT2D eigenvalue weighted by atomic mass is 31.2. The standard InChI is InChI=1S/2C16H35N.C2H7O3P/c2*1-2-3-4-5-6-7-8-9-10-11-12-13-14-15-16-17;1-2-6(3,4)5/h2*2-17H2,1H3;2H2,1H3,(H2,3,4,5). The van der Waals surface area contributed by atoms with Crippen molar-refractivity contribution in [3.8, 4) is 0 Å². The normalized spacial score (nSPS) is 11.1. The molecule has 0 aromatic carbocycles. The van der Waals surface area contributed by atoms with E-state index in [0.29, 0.717) is 0 Å². The first kappa shape index (κ1) is 44.5. The molecular formula is C34H77N2O3P. The Bertz CT molecular complexity index is 402. The molecule has 0 heterocycles. The van der Waals surface area contributed by atoms with Crippen molar-refractivity contribution >= 4 is 7.60 Å². The lowest BCUT2D eigenvalue weighted by Gasteiger charge is -2.26. The lowest BCUT2D eigenvalue weighted by atomic mass is 10.0. The summed E-state index contributed by atoms with van der Waals surface area (Å²) in [7, 11) is -4.15. The SMILES string of the molecule is CCCCCCCCCCCCCCCC[NH3+].CCCCCCCCCCCCCCCC[NH3+].CCP(=O)([O-])[O-]. The number of quaternary nitrogens is 2. The lowest BCUT2D eigenvalue weighted by molar-refractivity contribution is -0.368. The third kappa shape index (κ3) is 54.2. The summed E-state index contributed by atoms with van der Waals surface area (Å²) >= 11 is 0. The molecule has 6 heteroatoms. The van der Waals surface area contributed by atoms with E-state index < -0.39 is 7.60 Å². The zero-order chi connectivity index (χ0) is 30.4. The van der Waals surface area contributed by atoms with Gasteiger partial charge in [0, 0.05) is 0 Å². The van der Waals surface area contributed by atoms with Crippen LogP contribution >= 0.6 is 7.60 Å². The molecule has 0 aliphatic carbocycles. The summed E-state index contributed by atoms with van der Waals surface area (Å²) in [5.41, 5.74) is 7.76. The van der Waals surface area contributed by atoms with Crippen molar-refractivity contribution in [1.29, 1.82) is 0 Å². The maximum Gasteiger partial charge on any atom is 0.0739 e. The molecule has 6 N–H and O–H groups in total. The fourth-order valence-electron chi connectivity index (χ4n) is 4.74. The Labute approximate surface area is 253 Å². The minimum Gasteiger partial charge on any atom is -0.811 e. The minimum absolute atomic E-state index is 0.285. The van der Waals surface area contributed by atoms with Gasteiger partial charge in [0.2, 0.25) is 0 Å². The Morgan fingerprint density at radius 3 is 0.650 bits per heavy atom. The van der Waals surface area contributed by atoms with Crippen LogP contribution in [0.15, 0.2) is 0 Å². The molecule has 0 aromatic heterocycles. The number of hydrogen-bond donors (Lipinski definition) is 2. The van der Waals surface area contributed by atoms with E-state index in [2.05, 4.69) is 25.3 Å². The summed E-state index contributed by atoms with van der Waals surface area (Å²) in [5.74, 6) is 0. The average Bonchev–Trinajstić information content (AvgIpc) is 2.94. The highest BCUT2D eigenvalue weighted by molar-refractivity contribution is 7.48. The van der Waals surface area contributed by atoms with E-state index in [4.69, 9.17) is 0 Å². The van der Waals surface area contributed by atoms with Crippen molar-refractivity contribution in [3.05, 3.63) is 0 Å². The summed E-state index contributed by atoms with van der Waals surface area (Å²) in [5, 5.41) is 0. The molecule has 0 aliphatic heterocycles. The van der Waals surface area contributed by atoms with Crippen LogP contribution in [0, 0.1) is 0 Å². The van der Waals surface area contributed by atoms with Crippen LogP contribution in [-0.2, 0) is 4.57 Å². The van der Waals surface area contributed by atoms with Crippen LogP contribution in [0.25, 0.3) is 0 Å². The molecule has 0 saturated carbocycles. The van der Waals surface area contributed by atoms with Gasteiger partial charge in [-0.2, -0.15) is 0 Å². The van der Waals surface area contributed by atoms with Crippen molar-refractivity contribution in [1.82, 2.24) is 0 Å². The molecule has 0 saturated heterocycles. The van der Waals surface area contributed by atoms with Crippen LogP contribution in [0.4, 0.5) is 0 Å². The first-order chi connectivity index (χ1) is 19.4. The molecule has 0 amide bonds. The minimum atomic E-state index is -4.15. The number of rotatable bonds is 29. The van der Waals surface area contributed by atoms with Gasteiger partial charge in [-0.15, -0.1) is 0 Å². The summed E-state index contributed by atoms with van der Waals surface area (Å²) in [6, 6.07) is 0. The molecule has 0 aromatic rings. The highest BCUT2D eigenvalue weighted by Gasteiger charge is 1.95. The van der Waals surface area contributed by atoms with Crippen LogP contribution < -0.4 is 21.3 Å². The van der Waals surface area contributed by atoms with Crippen LogP contribution in [0.1, 0.15) is 201 Å². The van der Waals surface area contributed by atoms with Gasteiger partial charge in [-0.1, -0.05) is 182 Å². The lowest BCUT2D eigenvalue weighted by Crippen LogP contribution is -2.50. The Morgan fingerprint density at radius 2 is 0.525 bits per heavy atom. The maximum atomic E-state index is 9.47. The summed E-state index contributed by atoms with van der Waals surface area (Å²) in [6.45, 7) is 8.14. The molecule has 0 atom stereocenters. The van der Waals surface area contributed by atoms with Gasteiger partial charge in [-0.3, -0.25) is 0 Å². The van der Waals surface area contributed by atoms with Gasteiger partial charge in [0.25, 0.3) is 0 Å². The second-order valence-electron chi connectivity index (χ2n) is 11.8. The third-order valence-corrected chi connectivity index (χ3v) is 8.37. The first-order valence-electron chi connectivity index (χ1n) is 18.0. The van der Waals surface area contributed by atoms with E-state index in [1.54, 1.807) is 0 Å². The van der Waals surface area contributed by atoms with Gasteiger partial charge < -0.3 is 25.8 Å². The largest absolute Gasteiger partial charge is 0.811 e. The van der Waals surface area contributed by atoms with E-state index in [0.717, 1.165) is 13.1 Å². The molecule has 40 heavy (non-hydrogen) atoms. The zero-order valence-corrected chi connectivity index (χ0v) is 28.9. The Hall–Kier alpha value is 0.0700. The van der Waals surface area contributed by atoms with Crippen molar-refractivity contribution in [3.63, 3.8) is 0 Å². The molecule has 5 nitrogen and oxygen atoms in total. The van der Waals surface area contributed by atoms with Crippen molar-refractivity contribution in [2.75, 3.05) is 19.3 Å². The third-order valence-electron chi connectivity index (χ3n) is 7.59. The monoisotopic (exact) mass is 593 g/mol. The van der Waals surface area contributed by atoms with Crippen LogP contribution in [-0.4, -0.2) is 19.3 Å². The van der Waals surface area contributed by atoms with Gasteiger partial charge in [-0.25, -0.2) is 0 Å². The number of unbranched alkanes of at least 4 members (excludes halogenated alkanes) is 26. The van der Waals surface area contributed by atoms with Crippen LogP contribution in [0.5, 0.6) is 0 Å². The van der Waals surface area contributed by atoms with E-state index in [-0.39, 0.29) is 6.16 Å². The van der Waals surface area contributed by atoms with Gasteiger partial charge in [0.1, 0.15) is 0 Å². The first-order valence-corrected chi connectivity index (χ1v) is 19.7. The second-order valence-corrected chi connectivity index (χ2v) is 13.7. The highest BCUT2D eigenvalue weighted by Crippen LogP contribution is 2.20. The van der Waals surface area contributed by atoms with Gasteiger partial charge in [-0.05, 0) is 31.8 Å². The predicted octanol–water partition coefficient (Wildman–Crippen LogP) is 8.34. The van der Waals surface area contributed by atoms with Crippen molar-refractivity contribution in [2.45, 2.75) is 201 Å². The summed E-state index contributed by atoms with van der Waals surface area (Å²) in [4.78, 5) is 18.9. The molecule has 0 spiro atoms. The molecule has 0 rings (SSSR count). The molecule has 0 bridgehead atoms. The van der Waals surface area contributed by atoms with Crippen LogP contribution in [0.3, 0.4) is 0 Å². The molecule has 0 radical (unpaired) electrons. The second kappa shape index (κ2) is 41.2. The van der Waals surface area contributed by atoms with E-state index >= 15 is 0 Å². The van der Waals surface area contributed by atoms with Gasteiger partial charge in [0.15, 0.2) is 0 Å². The molecule has 0 fully saturated rings. The quantitative estimate of drug-likeness (QED) is 0.0671.